The Kier molecular flexibility index (Phi) is 4.03. The van der Waals surface area contributed by atoms with E-state index in [1.54, 1.807) is 18.5 Å². The summed E-state index contributed by atoms with van der Waals surface area (Å²) in [6.45, 7) is 6.26. The van der Waals surface area contributed by atoms with Crippen molar-refractivity contribution in [3.63, 3.8) is 0 Å². The molecule has 20 heavy (non-hydrogen) atoms. The number of nitrogen functional groups attached to an aromatic ring is 1. The van der Waals surface area contributed by atoms with Crippen LogP contribution in [0.25, 0.3) is 0 Å². The molecule has 0 unspecified atom stereocenters. The molecule has 1 aromatic heterocycles. The Morgan fingerprint density at radius 2 is 2.00 bits per heavy atom. The van der Waals surface area contributed by atoms with Crippen molar-refractivity contribution in [2.45, 2.75) is 26.7 Å². The van der Waals surface area contributed by atoms with Crippen LogP contribution >= 0.6 is 0 Å². The number of rotatable bonds is 4. The van der Waals surface area contributed by atoms with Crippen LogP contribution in [0.3, 0.4) is 0 Å². The summed E-state index contributed by atoms with van der Waals surface area (Å²) in [5.41, 5.74) is 8.37. The van der Waals surface area contributed by atoms with Gasteiger partial charge in [0.25, 0.3) is 0 Å². The molecule has 0 aliphatic carbocycles. The third-order valence-corrected chi connectivity index (χ3v) is 3.09. The van der Waals surface area contributed by atoms with E-state index in [0.717, 1.165) is 16.9 Å². The average Bonchev–Trinajstić information content (AvgIpc) is 2.38. The Labute approximate surface area is 119 Å². The van der Waals surface area contributed by atoms with Crippen LogP contribution in [0.15, 0.2) is 36.7 Å². The van der Waals surface area contributed by atoms with Crippen molar-refractivity contribution in [3.8, 4) is 11.5 Å². The lowest BCUT2D eigenvalue weighted by Crippen LogP contribution is -2.12. The van der Waals surface area contributed by atoms with E-state index in [2.05, 4.69) is 31.0 Å². The summed E-state index contributed by atoms with van der Waals surface area (Å²) in [6.07, 6.45) is 3.19. The Morgan fingerprint density at radius 3 is 2.65 bits per heavy atom. The minimum absolute atomic E-state index is 0.0267. The summed E-state index contributed by atoms with van der Waals surface area (Å²) in [4.78, 5) is 4.04. The maximum Gasteiger partial charge on any atom is 0.156 e. The first-order valence-corrected chi connectivity index (χ1v) is 6.56. The lowest BCUT2D eigenvalue weighted by molar-refractivity contribution is 0.469. The Morgan fingerprint density at radius 1 is 1.25 bits per heavy atom. The third-order valence-electron chi connectivity index (χ3n) is 3.09. The van der Waals surface area contributed by atoms with E-state index in [1.807, 2.05) is 13.0 Å². The van der Waals surface area contributed by atoms with Crippen molar-refractivity contribution in [1.29, 1.82) is 5.41 Å². The van der Waals surface area contributed by atoms with Crippen LogP contribution in [0, 0.1) is 12.3 Å². The van der Waals surface area contributed by atoms with Crippen molar-refractivity contribution in [3.05, 3.63) is 53.3 Å². The zero-order valence-electron chi connectivity index (χ0n) is 12.0. The van der Waals surface area contributed by atoms with E-state index >= 15 is 0 Å². The van der Waals surface area contributed by atoms with Crippen molar-refractivity contribution in [2.24, 2.45) is 5.73 Å². The summed E-state index contributed by atoms with van der Waals surface area (Å²) >= 11 is 0. The molecule has 0 amide bonds. The van der Waals surface area contributed by atoms with Crippen molar-refractivity contribution < 1.29 is 4.74 Å². The van der Waals surface area contributed by atoms with Gasteiger partial charge in [-0.05, 0) is 36.1 Å². The molecule has 0 saturated heterocycles. The minimum Gasteiger partial charge on any atom is -0.455 e. The third kappa shape index (κ3) is 2.96. The number of amidine groups is 1. The van der Waals surface area contributed by atoms with Gasteiger partial charge in [0.15, 0.2) is 5.75 Å². The molecule has 4 heteroatoms. The van der Waals surface area contributed by atoms with Gasteiger partial charge in [0.05, 0.1) is 11.8 Å². The quantitative estimate of drug-likeness (QED) is 0.658. The van der Waals surface area contributed by atoms with E-state index in [4.69, 9.17) is 15.9 Å². The van der Waals surface area contributed by atoms with Gasteiger partial charge in [-0.3, -0.25) is 10.4 Å². The topological polar surface area (TPSA) is 72.0 Å². The Bertz CT molecular complexity index is 635. The van der Waals surface area contributed by atoms with E-state index in [9.17, 15) is 0 Å². The maximum absolute atomic E-state index is 7.59. The summed E-state index contributed by atoms with van der Waals surface area (Å²) in [7, 11) is 0. The number of benzene rings is 1. The number of aryl methyl sites for hydroxylation is 1. The molecule has 0 aliphatic rings. The van der Waals surface area contributed by atoms with Crippen LogP contribution in [0.4, 0.5) is 0 Å². The van der Waals surface area contributed by atoms with E-state index < -0.39 is 0 Å². The highest BCUT2D eigenvalue weighted by Gasteiger charge is 2.12. The van der Waals surface area contributed by atoms with Gasteiger partial charge < -0.3 is 10.5 Å². The fraction of sp³-hybridized carbons (Fsp3) is 0.250. The number of pyridine rings is 1. The molecule has 0 bridgehead atoms. The maximum atomic E-state index is 7.59. The molecule has 0 aliphatic heterocycles. The molecule has 0 spiro atoms. The van der Waals surface area contributed by atoms with Gasteiger partial charge in [0.2, 0.25) is 0 Å². The molecule has 2 aromatic rings. The van der Waals surface area contributed by atoms with Crippen molar-refractivity contribution >= 4 is 5.84 Å². The predicted molar refractivity (Wildman–Crippen MR) is 80.6 cm³/mol. The van der Waals surface area contributed by atoms with Gasteiger partial charge in [0.1, 0.15) is 11.6 Å². The van der Waals surface area contributed by atoms with Gasteiger partial charge in [-0.25, -0.2) is 0 Å². The van der Waals surface area contributed by atoms with E-state index in [0.29, 0.717) is 17.2 Å². The standard InChI is InChI=1S/C16H19N3O/c1-10(2)12-5-4-11(3)8-14(12)20-15-9-19-7-6-13(15)16(17)18/h4-10H,1-3H3,(H3,17,18). The molecule has 0 atom stereocenters. The molecule has 0 fully saturated rings. The van der Waals surface area contributed by atoms with Crippen LogP contribution in [-0.4, -0.2) is 10.8 Å². The van der Waals surface area contributed by atoms with Gasteiger partial charge >= 0.3 is 0 Å². The molecular formula is C16H19N3O. The van der Waals surface area contributed by atoms with Crippen LogP contribution in [0.2, 0.25) is 0 Å². The number of aromatic nitrogens is 1. The van der Waals surface area contributed by atoms with Crippen LogP contribution in [-0.2, 0) is 0 Å². The fourth-order valence-corrected chi connectivity index (χ4v) is 2.01. The summed E-state index contributed by atoms with van der Waals surface area (Å²) < 4.78 is 5.96. The number of nitrogens with zero attached hydrogens (tertiary/aromatic N) is 1. The van der Waals surface area contributed by atoms with E-state index in [-0.39, 0.29) is 5.84 Å². The molecule has 1 aromatic carbocycles. The smallest absolute Gasteiger partial charge is 0.156 e. The normalized spacial score (nSPS) is 10.6. The van der Waals surface area contributed by atoms with Crippen LogP contribution in [0.5, 0.6) is 11.5 Å². The monoisotopic (exact) mass is 269 g/mol. The Balaban J connectivity index is 2.45. The molecular weight excluding hydrogens is 250 g/mol. The number of nitrogens with one attached hydrogen (secondary N) is 1. The van der Waals surface area contributed by atoms with Gasteiger partial charge in [-0.15, -0.1) is 0 Å². The second-order valence-corrected chi connectivity index (χ2v) is 5.08. The molecule has 0 saturated carbocycles. The Hall–Kier alpha value is -2.36. The zero-order valence-corrected chi connectivity index (χ0v) is 12.0. The van der Waals surface area contributed by atoms with Gasteiger partial charge in [0, 0.05) is 6.20 Å². The molecule has 4 nitrogen and oxygen atoms in total. The second kappa shape index (κ2) is 5.74. The first-order chi connectivity index (χ1) is 9.49. The molecule has 104 valence electrons. The first kappa shape index (κ1) is 14.1. The lowest BCUT2D eigenvalue weighted by Gasteiger charge is -2.16. The molecule has 0 radical (unpaired) electrons. The van der Waals surface area contributed by atoms with Gasteiger partial charge in [-0.1, -0.05) is 26.0 Å². The average molecular weight is 269 g/mol. The summed E-state index contributed by atoms with van der Waals surface area (Å²) in [5.74, 6) is 1.62. The van der Waals surface area contributed by atoms with E-state index in [1.165, 1.54) is 0 Å². The summed E-state index contributed by atoms with van der Waals surface area (Å²) in [6, 6.07) is 7.81. The fourth-order valence-electron chi connectivity index (χ4n) is 2.01. The summed E-state index contributed by atoms with van der Waals surface area (Å²) in [5, 5.41) is 7.59. The van der Waals surface area contributed by atoms with Gasteiger partial charge in [-0.2, -0.15) is 0 Å². The highest BCUT2D eigenvalue weighted by Crippen LogP contribution is 2.32. The second-order valence-electron chi connectivity index (χ2n) is 5.08. The number of ether oxygens (including phenoxy) is 1. The zero-order chi connectivity index (χ0) is 14.7. The molecule has 2 rings (SSSR count). The SMILES string of the molecule is Cc1ccc(C(C)C)c(Oc2cnccc2C(=N)N)c1. The highest BCUT2D eigenvalue weighted by molar-refractivity contribution is 5.97. The first-order valence-electron chi connectivity index (χ1n) is 6.56. The van der Waals surface area contributed by atoms with Crippen molar-refractivity contribution in [2.75, 3.05) is 0 Å². The van der Waals surface area contributed by atoms with Crippen LogP contribution < -0.4 is 10.5 Å². The molecule has 3 N–H and O–H groups in total. The van der Waals surface area contributed by atoms with Crippen molar-refractivity contribution in [1.82, 2.24) is 4.98 Å². The predicted octanol–water partition coefficient (Wildman–Crippen LogP) is 3.59. The lowest BCUT2D eigenvalue weighted by atomic mass is 10.0. The number of hydrogen-bond acceptors (Lipinski definition) is 3. The number of hydrogen-bond donors (Lipinski definition) is 2. The van der Waals surface area contributed by atoms with Crippen LogP contribution in [0.1, 0.15) is 36.5 Å². The molecule has 1 heterocycles. The minimum atomic E-state index is -0.0267. The highest BCUT2D eigenvalue weighted by atomic mass is 16.5. The largest absolute Gasteiger partial charge is 0.455 e. The number of nitrogens with two attached hydrogens (primary N) is 1.